The van der Waals surface area contributed by atoms with Crippen molar-refractivity contribution in [3.05, 3.63) is 75.4 Å². The van der Waals surface area contributed by atoms with Crippen molar-refractivity contribution in [1.82, 2.24) is 9.97 Å². The van der Waals surface area contributed by atoms with Crippen LogP contribution in [-0.4, -0.2) is 9.97 Å². The van der Waals surface area contributed by atoms with Crippen LogP contribution in [0.1, 0.15) is 0 Å². The number of aromatic nitrogens is 2. The second kappa shape index (κ2) is 17.7. The molecule has 0 aliphatic rings. The molecule has 0 saturated heterocycles. The van der Waals surface area contributed by atoms with Crippen LogP contribution in [0.3, 0.4) is 0 Å². The zero-order valence-electron chi connectivity index (χ0n) is 11.6. The molecule has 23 heavy (non-hydrogen) atoms. The number of pyridine rings is 2. The standard InChI is InChI=1S/C12H8N2.4CO.W/c1-3-9-5-6-10-4-2-8-14-12(10)11(9)13-7-1;4*1-2;/h1-8H;;;;;. The van der Waals surface area contributed by atoms with Gasteiger partial charge in [-0.05, 0) is 12.1 Å². The molecule has 3 rings (SSSR count). The molecule has 0 amide bonds. The number of hydrogen-bond acceptors (Lipinski definition) is 2. The van der Waals surface area contributed by atoms with Crippen LogP contribution in [-0.2, 0) is 39.7 Å². The number of nitrogens with zero attached hydrogens (tertiary/aromatic N) is 2. The van der Waals surface area contributed by atoms with Gasteiger partial charge in [0.1, 0.15) is 0 Å². The maximum Gasteiger partial charge on any atom is 0.0964 e. The Balaban J connectivity index is -0.000000394. The van der Waals surface area contributed by atoms with Gasteiger partial charge in [-0.3, -0.25) is 9.97 Å². The third-order valence-corrected chi connectivity index (χ3v) is 2.34. The van der Waals surface area contributed by atoms with E-state index < -0.39 is 0 Å². The molecular weight excluding hydrogens is 468 g/mol. The Hall–Kier alpha value is -2.31. The van der Waals surface area contributed by atoms with Crippen LogP contribution >= 0.6 is 0 Å². The van der Waals surface area contributed by atoms with E-state index in [-0.39, 0.29) is 21.1 Å². The molecule has 0 saturated carbocycles. The van der Waals surface area contributed by atoms with E-state index in [2.05, 4.69) is 60.8 Å². The Kier molecular flexibility index (Phi) is 19.8. The first kappa shape index (κ1) is 25.6. The van der Waals surface area contributed by atoms with E-state index in [1.54, 1.807) is 12.4 Å². The summed E-state index contributed by atoms with van der Waals surface area (Å²) in [5.41, 5.74) is 1.95. The summed E-state index contributed by atoms with van der Waals surface area (Å²) in [6.07, 6.45) is 3.60. The molecule has 6 nitrogen and oxygen atoms in total. The first-order valence-electron chi connectivity index (χ1n) is 5.35. The first-order chi connectivity index (χ1) is 10.9. The third-order valence-electron chi connectivity index (χ3n) is 2.34. The maximum atomic E-state index is 7.50. The Bertz CT molecular complexity index is 703. The predicted molar refractivity (Wildman–Crippen MR) is 72.8 cm³/mol. The summed E-state index contributed by atoms with van der Waals surface area (Å²) in [5, 5.41) is 2.28. The van der Waals surface area contributed by atoms with Crippen molar-refractivity contribution in [2.45, 2.75) is 0 Å². The van der Waals surface area contributed by atoms with E-state index in [1.807, 2.05) is 12.1 Å². The molecule has 0 spiro atoms. The van der Waals surface area contributed by atoms with E-state index in [0.717, 1.165) is 21.8 Å². The van der Waals surface area contributed by atoms with Crippen LogP contribution in [0.5, 0.6) is 0 Å². The summed E-state index contributed by atoms with van der Waals surface area (Å²) in [7, 11) is 0. The van der Waals surface area contributed by atoms with Crippen LogP contribution in [0, 0.1) is 26.6 Å². The van der Waals surface area contributed by atoms with Crippen molar-refractivity contribution in [2.24, 2.45) is 0 Å². The van der Waals surface area contributed by atoms with Gasteiger partial charge < -0.3 is 0 Å². The summed E-state index contributed by atoms with van der Waals surface area (Å²) >= 11 is 0. The molecule has 0 atom stereocenters. The zero-order chi connectivity index (χ0) is 17.4. The number of hydrogen-bond donors (Lipinski definition) is 0. The molecule has 1 aromatic carbocycles. The van der Waals surface area contributed by atoms with Gasteiger partial charge in [-0.15, -0.1) is 0 Å². The minimum Gasteiger partial charge on any atom is -0.254 e. The van der Waals surface area contributed by atoms with Crippen LogP contribution in [0.15, 0.2) is 48.8 Å². The number of benzene rings is 1. The number of rotatable bonds is 0. The molecule has 2 aromatic heterocycles. The Morgan fingerprint density at radius 3 is 1.17 bits per heavy atom. The Morgan fingerprint density at radius 1 is 0.565 bits per heavy atom. The third kappa shape index (κ3) is 7.48. The quantitative estimate of drug-likeness (QED) is 0.283. The van der Waals surface area contributed by atoms with E-state index in [0.29, 0.717) is 0 Å². The molecule has 0 unspecified atom stereocenters. The molecule has 0 aliphatic heterocycles. The average molecular weight is 476 g/mol. The van der Waals surface area contributed by atoms with Crippen LogP contribution in [0.2, 0.25) is 0 Å². The summed E-state index contributed by atoms with van der Waals surface area (Å²) in [6, 6.07) is 12.1. The molecule has 0 radical (unpaired) electrons. The summed E-state index contributed by atoms with van der Waals surface area (Å²) in [4.78, 5) is 8.69. The second-order valence-corrected chi connectivity index (χ2v) is 3.22. The molecule has 0 aliphatic carbocycles. The first-order valence-corrected chi connectivity index (χ1v) is 5.35. The fraction of sp³-hybridized carbons (Fsp3) is 0. The van der Waals surface area contributed by atoms with Gasteiger partial charge in [0.05, 0.1) is 11.0 Å². The smallest absolute Gasteiger partial charge is 0.0964 e. The summed E-state index contributed by atoms with van der Waals surface area (Å²) in [5.74, 6) is 0. The van der Waals surface area contributed by atoms with Crippen LogP contribution in [0.4, 0.5) is 0 Å². The summed E-state index contributed by atoms with van der Waals surface area (Å²) in [6.45, 7) is 18.0. The Morgan fingerprint density at radius 2 is 0.870 bits per heavy atom. The van der Waals surface area contributed by atoms with Gasteiger partial charge in [-0.1, -0.05) is 24.3 Å². The molecule has 0 bridgehead atoms. The monoisotopic (exact) mass is 476 g/mol. The van der Waals surface area contributed by atoms with Crippen LogP contribution < -0.4 is 0 Å². The topological polar surface area (TPSA) is 105 Å². The van der Waals surface area contributed by atoms with Gasteiger partial charge in [0, 0.05) is 44.2 Å². The minimum atomic E-state index is 0. The molecular formula is C16H8N2O4W. The second-order valence-electron chi connectivity index (χ2n) is 3.22. The molecule has 3 aromatic rings. The fourth-order valence-corrected chi connectivity index (χ4v) is 1.68. The zero-order valence-corrected chi connectivity index (χ0v) is 14.5. The van der Waals surface area contributed by atoms with E-state index >= 15 is 0 Å². The molecule has 112 valence electrons. The molecule has 0 fully saturated rings. The van der Waals surface area contributed by atoms with Gasteiger partial charge >= 0.3 is 45.2 Å². The van der Waals surface area contributed by atoms with Crippen molar-refractivity contribution in [1.29, 1.82) is 0 Å². The SMILES string of the molecule is [C-]#[O+].[C-]#[O+].[C-]#[O+].[C-]#[O+].[W].c1cnc2c(c1)ccc1cccnc12. The normalized spacial score (nSPS) is 6.96. The van der Waals surface area contributed by atoms with Gasteiger partial charge in [-0.25, -0.2) is 0 Å². The van der Waals surface area contributed by atoms with Crippen molar-refractivity contribution < 1.29 is 39.7 Å². The maximum absolute atomic E-state index is 7.50. The van der Waals surface area contributed by atoms with Crippen molar-refractivity contribution >= 4 is 21.8 Å². The molecule has 7 heteroatoms. The van der Waals surface area contributed by atoms with Crippen molar-refractivity contribution in [3.8, 4) is 0 Å². The number of fused-ring (bicyclic) bond motifs is 3. The fourth-order valence-electron chi connectivity index (χ4n) is 1.68. The average Bonchev–Trinajstić information content (AvgIpc) is 2.68. The van der Waals surface area contributed by atoms with Crippen molar-refractivity contribution in [3.63, 3.8) is 0 Å². The molecule has 2 heterocycles. The minimum absolute atomic E-state index is 0. The van der Waals surface area contributed by atoms with E-state index in [1.165, 1.54) is 0 Å². The van der Waals surface area contributed by atoms with E-state index in [9.17, 15) is 0 Å². The molecule has 0 N–H and O–H groups in total. The van der Waals surface area contributed by atoms with Gasteiger partial charge in [-0.2, -0.15) is 0 Å². The van der Waals surface area contributed by atoms with Crippen molar-refractivity contribution in [2.75, 3.05) is 0 Å². The Labute approximate surface area is 147 Å². The predicted octanol–water partition coefficient (Wildman–Crippen LogP) is 2.63. The van der Waals surface area contributed by atoms with Gasteiger partial charge in [0.25, 0.3) is 0 Å². The van der Waals surface area contributed by atoms with Gasteiger partial charge in [0.2, 0.25) is 0 Å². The van der Waals surface area contributed by atoms with Crippen LogP contribution in [0.25, 0.3) is 21.8 Å². The summed E-state index contributed by atoms with van der Waals surface area (Å²) < 4.78 is 30.0. The van der Waals surface area contributed by atoms with Gasteiger partial charge in [0.15, 0.2) is 0 Å². The largest absolute Gasteiger partial charge is 0.254 e. The van der Waals surface area contributed by atoms with E-state index in [4.69, 9.17) is 18.6 Å².